The molecular weight excluding hydrogens is 467 g/mol. The minimum atomic E-state index is -2.55. The second kappa shape index (κ2) is 13.0. The molecule has 0 N–H and O–H groups in total. The molecule has 29 heavy (non-hydrogen) atoms. The Morgan fingerprint density at radius 1 is 1.03 bits per heavy atom. The molecule has 1 aliphatic rings. The van der Waals surface area contributed by atoms with Crippen molar-refractivity contribution in [3.05, 3.63) is 29.8 Å². The van der Waals surface area contributed by atoms with E-state index in [1.165, 1.54) is 64.3 Å². The van der Waals surface area contributed by atoms with E-state index in [2.05, 4.69) is 45.0 Å². The van der Waals surface area contributed by atoms with Gasteiger partial charge in [0.1, 0.15) is 0 Å². The second-order valence-corrected chi connectivity index (χ2v) is 21.9. The van der Waals surface area contributed by atoms with E-state index in [1.807, 2.05) is 0 Å². The van der Waals surface area contributed by atoms with E-state index < -0.39 is 18.4 Å². The summed E-state index contributed by atoms with van der Waals surface area (Å²) in [5.74, 6) is -0.175. The first-order valence-electron chi connectivity index (χ1n) is 11.9. The molecule has 1 heterocycles. The zero-order valence-electron chi connectivity index (χ0n) is 19.2. The molecule has 1 aromatic carbocycles. The van der Waals surface area contributed by atoms with Crippen LogP contribution in [0.4, 0.5) is 0 Å². The quantitative estimate of drug-likeness (QED) is 0.238. The monoisotopic (exact) mass is 510 g/mol. The van der Waals surface area contributed by atoms with Gasteiger partial charge in [-0.05, 0) is 0 Å². The van der Waals surface area contributed by atoms with E-state index >= 15 is 0 Å². The summed E-state index contributed by atoms with van der Waals surface area (Å²) in [4.78, 5) is 11.5. The molecule has 2 atom stereocenters. The Labute approximate surface area is 182 Å². The van der Waals surface area contributed by atoms with Crippen molar-refractivity contribution in [2.75, 3.05) is 6.61 Å². The molecule has 0 saturated carbocycles. The van der Waals surface area contributed by atoms with Gasteiger partial charge in [-0.25, -0.2) is 0 Å². The third-order valence-electron chi connectivity index (χ3n) is 6.47. The van der Waals surface area contributed by atoms with Crippen LogP contribution in [0.25, 0.3) is 0 Å². The number of hydrogen-bond donors (Lipinski definition) is 0. The molecule has 164 valence electrons. The average Bonchev–Trinajstić information content (AvgIpc) is 2.73. The summed E-state index contributed by atoms with van der Waals surface area (Å²) in [6.45, 7) is 9.18. The van der Waals surface area contributed by atoms with Gasteiger partial charge in [0, 0.05) is 0 Å². The third kappa shape index (κ3) is 7.27. The number of carbonyl (C=O) groups excluding carboxylic acids is 1. The molecule has 3 nitrogen and oxygen atoms in total. The molecule has 1 aliphatic heterocycles. The number of rotatable bonds is 12. The summed E-state index contributed by atoms with van der Waals surface area (Å²) in [6, 6.07) is 9.19. The van der Waals surface area contributed by atoms with Crippen molar-refractivity contribution in [2.45, 2.75) is 105 Å². The van der Waals surface area contributed by atoms with Crippen molar-refractivity contribution >= 4 is 27.9 Å². The number of unbranched alkanes of at least 4 members (excludes halogenated alkanes) is 3. The molecule has 0 aliphatic carbocycles. The van der Waals surface area contributed by atoms with Gasteiger partial charge in [-0.1, -0.05) is 0 Å². The van der Waals surface area contributed by atoms with Crippen molar-refractivity contribution in [2.24, 2.45) is 0 Å². The summed E-state index contributed by atoms with van der Waals surface area (Å²) >= 11 is -2.55. The Morgan fingerprint density at radius 3 is 2.17 bits per heavy atom. The molecule has 0 bridgehead atoms. The molecule has 0 aromatic heterocycles. The number of hydrogen-bond acceptors (Lipinski definition) is 3. The van der Waals surface area contributed by atoms with Gasteiger partial charge in [0.2, 0.25) is 0 Å². The van der Waals surface area contributed by atoms with E-state index in [1.54, 1.807) is 3.58 Å². The number of ether oxygens (including phenoxy) is 2. The average molecular weight is 509 g/mol. The second-order valence-electron chi connectivity index (χ2n) is 8.79. The van der Waals surface area contributed by atoms with Crippen LogP contribution in [0.2, 0.25) is 13.3 Å². The zero-order chi connectivity index (χ0) is 21.1. The van der Waals surface area contributed by atoms with Gasteiger partial charge >= 0.3 is 183 Å². The topological polar surface area (TPSA) is 35.5 Å². The van der Waals surface area contributed by atoms with Crippen LogP contribution in [0.5, 0.6) is 0 Å². The molecule has 2 rings (SSSR count). The van der Waals surface area contributed by atoms with Crippen LogP contribution in [0.15, 0.2) is 24.3 Å². The Hall–Kier alpha value is -0.551. The summed E-state index contributed by atoms with van der Waals surface area (Å²) < 4.78 is 17.9. The van der Waals surface area contributed by atoms with E-state index in [9.17, 15) is 4.79 Å². The van der Waals surface area contributed by atoms with Crippen molar-refractivity contribution in [1.29, 1.82) is 0 Å². The Bertz CT molecular complexity index is 594. The summed E-state index contributed by atoms with van der Waals surface area (Å²) in [5, 5.41) is 0. The summed E-state index contributed by atoms with van der Waals surface area (Å²) in [7, 11) is 0. The minimum absolute atomic E-state index is 0.00849. The predicted octanol–water partition coefficient (Wildman–Crippen LogP) is 6.53. The van der Waals surface area contributed by atoms with E-state index in [0.717, 1.165) is 12.8 Å². The fraction of sp³-hybridized carbons (Fsp3) is 0.720. The van der Waals surface area contributed by atoms with Crippen LogP contribution in [0.1, 0.15) is 90.7 Å². The predicted molar refractivity (Wildman–Crippen MR) is 124 cm³/mol. The first-order valence-corrected chi connectivity index (χ1v) is 19.4. The van der Waals surface area contributed by atoms with Gasteiger partial charge in [0.25, 0.3) is 0 Å². The zero-order valence-corrected chi connectivity index (χ0v) is 22.0. The van der Waals surface area contributed by atoms with Gasteiger partial charge in [-0.15, -0.1) is 0 Å². The Balaban J connectivity index is 2.38. The molecule has 0 radical (unpaired) electrons. The van der Waals surface area contributed by atoms with E-state index in [0.29, 0.717) is 6.61 Å². The summed E-state index contributed by atoms with van der Waals surface area (Å²) in [6.07, 6.45) is 9.62. The molecule has 1 aromatic rings. The fourth-order valence-electron chi connectivity index (χ4n) is 4.91. The molecule has 1 saturated heterocycles. The van der Waals surface area contributed by atoms with Crippen molar-refractivity contribution < 1.29 is 14.3 Å². The van der Waals surface area contributed by atoms with Crippen LogP contribution < -0.4 is 3.58 Å². The normalized spacial score (nSPS) is 19.9. The number of benzene rings is 1. The van der Waals surface area contributed by atoms with Gasteiger partial charge in [-0.3, -0.25) is 0 Å². The van der Waals surface area contributed by atoms with E-state index in [-0.39, 0.29) is 18.2 Å². The van der Waals surface area contributed by atoms with Gasteiger partial charge in [-0.2, -0.15) is 0 Å². The molecule has 0 spiro atoms. The third-order valence-corrected chi connectivity index (χ3v) is 22.3. The van der Waals surface area contributed by atoms with Crippen LogP contribution in [-0.4, -0.2) is 37.1 Å². The molecule has 1 fully saturated rings. The van der Waals surface area contributed by atoms with Gasteiger partial charge < -0.3 is 0 Å². The van der Waals surface area contributed by atoms with Crippen molar-refractivity contribution in [1.82, 2.24) is 0 Å². The van der Waals surface area contributed by atoms with Crippen molar-refractivity contribution in [3.63, 3.8) is 0 Å². The Morgan fingerprint density at radius 2 is 1.62 bits per heavy atom. The first kappa shape index (κ1) is 24.7. The molecule has 0 amide bonds. The molecule has 4 heteroatoms. The van der Waals surface area contributed by atoms with Crippen molar-refractivity contribution in [3.8, 4) is 0 Å². The summed E-state index contributed by atoms with van der Waals surface area (Å²) in [5.41, 5.74) is 1.42. The number of esters is 1. The van der Waals surface area contributed by atoms with Crippen LogP contribution >= 0.6 is 0 Å². The standard InChI is InChI=1S/C13H15O3.3C4H9.Sn/c1-10(14)16-12-7-8-15-13(9-12)11-5-3-2-4-6-11;3*1-3-4-2;/h2-5,12-13H,7-9H2,1H3;3*1,3-4H2,2H3;/t12-,13+;;;;/m0..../s1. The maximum absolute atomic E-state index is 11.5. The SMILES string of the molecule is CCC[CH2][Sn]([CH2]CCC)([CH2]CCC)[c]1ccccc1[C@H]1C[C@@H](OC(C)=O)CCO1. The van der Waals surface area contributed by atoms with Gasteiger partial charge in [0.05, 0.1) is 0 Å². The van der Waals surface area contributed by atoms with Crippen LogP contribution in [-0.2, 0) is 14.3 Å². The number of carbonyl (C=O) groups is 1. The Kier molecular flexibility index (Phi) is 11.1. The fourth-order valence-corrected chi connectivity index (χ4v) is 21.9. The van der Waals surface area contributed by atoms with Crippen LogP contribution in [0.3, 0.4) is 0 Å². The molecule has 0 unspecified atom stereocenters. The van der Waals surface area contributed by atoms with E-state index in [4.69, 9.17) is 9.47 Å². The first-order chi connectivity index (χ1) is 14.1. The van der Waals surface area contributed by atoms with Gasteiger partial charge in [0.15, 0.2) is 0 Å². The maximum atomic E-state index is 11.5. The molecular formula is C25H42O3Sn. The van der Waals surface area contributed by atoms with Crippen LogP contribution in [0, 0.1) is 0 Å².